The molecule has 0 unspecified atom stereocenters. The maximum absolute atomic E-state index is 12.4. The van der Waals surface area contributed by atoms with E-state index in [0.29, 0.717) is 22.6 Å². The van der Waals surface area contributed by atoms with Gasteiger partial charge < -0.3 is 5.32 Å². The second-order valence-corrected chi connectivity index (χ2v) is 9.37. The molecule has 0 saturated carbocycles. The Bertz CT molecular complexity index is 1170. The lowest BCUT2D eigenvalue weighted by molar-refractivity contribution is 0.101. The smallest absolute Gasteiger partial charge is 0.255 e. The lowest BCUT2D eigenvalue weighted by Crippen LogP contribution is -2.11. The molecule has 0 bridgehead atoms. The first-order valence-corrected chi connectivity index (χ1v) is 11.4. The number of Topliss-reactive ketones (excluding diaryl/α,β-unsaturated/α-hetero) is 1. The average molecular weight is 483 g/mol. The fourth-order valence-corrected chi connectivity index (χ4v) is 4.95. The Balaban J connectivity index is 1.44. The third-order valence-corrected chi connectivity index (χ3v) is 6.85. The fraction of sp³-hybridized carbons (Fsp3) is 0.0455. The molecule has 0 fully saturated rings. The van der Waals surface area contributed by atoms with E-state index in [1.54, 1.807) is 12.1 Å². The minimum absolute atomic E-state index is 0.0808. The SMILES string of the molecule is O=C(CSc1nc2ccc(NC(=O)c3ccc(Br)cc3)cc2s1)c1ccccc1. The lowest BCUT2D eigenvalue weighted by atomic mass is 10.2. The molecule has 0 aliphatic heterocycles. The average Bonchev–Trinajstić information content (AvgIpc) is 3.15. The molecule has 1 amide bonds. The number of halogens is 1. The molecule has 144 valence electrons. The quantitative estimate of drug-likeness (QED) is 0.259. The van der Waals surface area contributed by atoms with Crippen LogP contribution in [0.15, 0.2) is 81.6 Å². The first-order chi connectivity index (χ1) is 14.1. The van der Waals surface area contributed by atoms with Crippen molar-refractivity contribution >= 4 is 66.6 Å². The minimum Gasteiger partial charge on any atom is -0.322 e. The molecule has 4 aromatic rings. The van der Waals surface area contributed by atoms with Crippen LogP contribution in [0, 0.1) is 0 Å². The van der Waals surface area contributed by atoms with Crippen LogP contribution in [0.2, 0.25) is 0 Å². The Labute approximate surface area is 184 Å². The van der Waals surface area contributed by atoms with Crippen LogP contribution in [0.5, 0.6) is 0 Å². The summed E-state index contributed by atoms with van der Waals surface area (Å²) in [4.78, 5) is 29.2. The van der Waals surface area contributed by atoms with E-state index in [9.17, 15) is 9.59 Å². The third-order valence-electron chi connectivity index (χ3n) is 4.16. The molecule has 29 heavy (non-hydrogen) atoms. The highest BCUT2D eigenvalue weighted by molar-refractivity contribution is 9.10. The number of thiazole rings is 1. The summed E-state index contributed by atoms with van der Waals surface area (Å²) < 4.78 is 2.73. The molecule has 0 spiro atoms. The zero-order valence-electron chi connectivity index (χ0n) is 15.1. The number of anilines is 1. The van der Waals surface area contributed by atoms with Crippen molar-refractivity contribution in [1.82, 2.24) is 4.98 Å². The van der Waals surface area contributed by atoms with Gasteiger partial charge in [-0.25, -0.2) is 4.98 Å². The van der Waals surface area contributed by atoms with E-state index in [1.807, 2.05) is 60.7 Å². The van der Waals surface area contributed by atoms with Crippen molar-refractivity contribution in [3.8, 4) is 0 Å². The number of carbonyl (C=O) groups is 2. The number of rotatable bonds is 6. The van der Waals surface area contributed by atoms with Gasteiger partial charge in [-0.05, 0) is 42.5 Å². The van der Waals surface area contributed by atoms with E-state index in [4.69, 9.17) is 0 Å². The summed E-state index contributed by atoms with van der Waals surface area (Å²) >= 11 is 6.31. The third kappa shape index (κ3) is 4.93. The van der Waals surface area contributed by atoms with Gasteiger partial charge in [-0.15, -0.1) is 11.3 Å². The van der Waals surface area contributed by atoms with Crippen LogP contribution in [0.1, 0.15) is 20.7 Å². The lowest BCUT2D eigenvalue weighted by Gasteiger charge is -2.05. The fourth-order valence-electron chi connectivity index (χ4n) is 2.68. The molecule has 0 saturated heterocycles. The molecular formula is C22H15BrN2O2S2. The first kappa shape index (κ1) is 19.8. The van der Waals surface area contributed by atoms with Gasteiger partial charge in [0, 0.05) is 21.3 Å². The number of nitrogens with zero attached hydrogens (tertiary/aromatic N) is 1. The number of nitrogens with one attached hydrogen (secondary N) is 1. The topological polar surface area (TPSA) is 59.1 Å². The van der Waals surface area contributed by atoms with Crippen LogP contribution >= 0.6 is 39.0 Å². The molecule has 1 aromatic heterocycles. The van der Waals surface area contributed by atoms with Crippen molar-refractivity contribution in [2.75, 3.05) is 11.1 Å². The van der Waals surface area contributed by atoms with E-state index in [1.165, 1.54) is 23.1 Å². The molecule has 4 nitrogen and oxygen atoms in total. The van der Waals surface area contributed by atoms with Gasteiger partial charge in [0.1, 0.15) is 0 Å². The summed E-state index contributed by atoms with van der Waals surface area (Å²) in [6, 6.07) is 22.1. The summed E-state index contributed by atoms with van der Waals surface area (Å²) in [5, 5.41) is 2.91. The molecule has 4 rings (SSSR count). The number of benzene rings is 3. The van der Waals surface area contributed by atoms with Crippen molar-refractivity contribution in [1.29, 1.82) is 0 Å². The Morgan fingerprint density at radius 1 is 0.966 bits per heavy atom. The highest BCUT2D eigenvalue weighted by atomic mass is 79.9. The zero-order valence-corrected chi connectivity index (χ0v) is 18.3. The standard InChI is InChI=1S/C22H15BrN2O2S2/c23-16-8-6-15(7-9-16)21(27)24-17-10-11-18-20(12-17)29-22(25-18)28-13-19(26)14-4-2-1-3-5-14/h1-12H,13H2,(H,24,27). The summed E-state index contributed by atoms with van der Waals surface area (Å²) in [7, 11) is 0. The Morgan fingerprint density at radius 3 is 2.48 bits per heavy atom. The van der Waals surface area contributed by atoms with Crippen LogP contribution in [0.4, 0.5) is 5.69 Å². The molecule has 3 aromatic carbocycles. The van der Waals surface area contributed by atoms with E-state index < -0.39 is 0 Å². The first-order valence-electron chi connectivity index (χ1n) is 8.77. The zero-order chi connectivity index (χ0) is 20.2. The molecule has 0 radical (unpaired) electrons. The molecule has 1 heterocycles. The number of ketones is 1. The predicted molar refractivity (Wildman–Crippen MR) is 123 cm³/mol. The van der Waals surface area contributed by atoms with Crippen molar-refractivity contribution in [2.24, 2.45) is 0 Å². The number of aromatic nitrogens is 1. The van der Waals surface area contributed by atoms with Crippen LogP contribution < -0.4 is 5.32 Å². The van der Waals surface area contributed by atoms with Gasteiger partial charge in [0.05, 0.1) is 16.0 Å². The monoisotopic (exact) mass is 482 g/mol. The number of carbonyl (C=O) groups excluding carboxylic acids is 2. The highest BCUT2D eigenvalue weighted by Crippen LogP contribution is 2.31. The second-order valence-electron chi connectivity index (χ2n) is 6.20. The molecule has 0 aliphatic rings. The summed E-state index contributed by atoms with van der Waals surface area (Å²) in [6.07, 6.45) is 0. The maximum Gasteiger partial charge on any atom is 0.255 e. The number of thioether (sulfide) groups is 1. The van der Waals surface area contributed by atoms with Gasteiger partial charge in [0.25, 0.3) is 5.91 Å². The van der Waals surface area contributed by atoms with Gasteiger partial charge in [-0.2, -0.15) is 0 Å². The molecular weight excluding hydrogens is 468 g/mol. The summed E-state index contributed by atoms with van der Waals surface area (Å²) in [5.41, 5.74) is 2.87. The maximum atomic E-state index is 12.4. The molecule has 7 heteroatoms. The van der Waals surface area contributed by atoms with Crippen LogP contribution in [0.25, 0.3) is 10.2 Å². The molecule has 1 N–H and O–H groups in total. The van der Waals surface area contributed by atoms with Crippen molar-refractivity contribution < 1.29 is 9.59 Å². The Morgan fingerprint density at radius 2 is 1.72 bits per heavy atom. The van der Waals surface area contributed by atoms with E-state index in [0.717, 1.165) is 19.0 Å². The van der Waals surface area contributed by atoms with Gasteiger partial charge in [0.2, 0.25) is 0 Å². The second kappa shape index (κ2) is 8.90. The van der Waals surface area contributed by atoms with Crippen molar-refractivity contribution in [3.05, 3.63) is 88.4 Å². The predicted octanol–water partition coefficient (Wildman–Crippen LogP) is 6.29. The Hall–Kier alpha value is -2.48. The minimum atomic E-state index is -0.163. The van der Waals surface area contributed by atoms with Gasteiger partial charge in [-0.3, -0.25) is 9.59 Å². The van der Waals surface area contributed by atoms with Crippen LogP contribution in [0.3, 0.4) is 0 Å². The van der Waals surface area contributed by atoms with E-state index in [2.05, 4.69) is 26.2 Å². The summed E-state index contributed by atoms with van der Waals surface area (Å²) in [6.45, 7) is 0. The van der Waals surface area contributed by atoms with Crippen molar-refractivity contribution in [3.63, 3.8) is 0 Å². The van der Waals surface area contributed by atoms with Gasteiger partial charge in [-0.1, -0.05) is 58.0 Å². The van der Waals surface area contributed by atoms with Crippen LogP contribution in [-0.2, 0) is 0 Å². The van der Waals surface area contributed by atoms with E-state index >= 15 is 0 Å². The number of amides is 1. The normalized spacial score (nSPS) is 10.8. The highest BCUT2D eigenvalue weighted by Gasteiger charge is 2.11. The summed E-state index contributed by atoms with van der Waals surface area (Å²) in [5.74, 6) is 0.263. The van der Waals surface area contributed by atoms with Gasteiger partial charge >= 0.3 is 0 Å². The number of fused-ring (bicyclic) bond motifs is 1. The Kier molecular flexibility index (Phi) is 6.08. The number of hydrogen-bond donors (Lipinski definition) is 1. The van der Waals surface area contributed by atoms with Crippen molar-refractivity contribution in [2.45, 2.75) is 4.34 Å². The van der Waals surface area contributed by atoms with E-state index in [-0.39, 0.29) is 11.7 Å². The largest absolute Gasteiger partial charge is 0.322 e. The molecule has 0 atom stereocenters. The number of hydrogen-bond acceptors (Lipinski definition) is 5. The van der Waals surface area contributed by atoms with Crippen LogP contribution in [-0.4, -0.2) is 22.4 Å². The van der Waals surface area contributed by atoms with Gasteiger partial charge in [0.15, 0.2) is 10.1 Å². The molecule has 0 aliphatic carbocycles.